The second-order valence-corrected chi connectivity index (χ2v) is 2.17. The third kappa shape index (κ3) is 3.02. The first-order valence-electron chi connectivity index (χ1n) is 2.89. The molecule has 0 unspecified atom stereocenters. The number of halogens is 5. The molecule has 0 atom stereocenters. The Morgan fingerprint density at radius 2 is 1.58 bits per heavy atom. The molecule has 0 aromatic carbocycles. The van der Waals surface area contributed by atoms with Gasteiger partial charge in [-0.3, -0.25) is 4.79 Å². The summed E-state index contributed by atoms with van der Waals surface area (Å²) in [5.41, 5.74) is 4.40. The standard InChI is InChI=1S/C5H6F5NO/c6-4(7,5(8,9)10)2-1-3(11)12/h1-2H2,(H2,11,12). The highest BCUT2D eigenvalue weighted by atomic mass is 19.4. The third-order valence-corrected chi connectivity index (χ3v) is 1.10. The Kier molecular flexibility index (Phi) is 3.00. The van der Waals surface area contributed by atoms with Gasteiger partial charge in [0.05, 0.1) is 0 Å². The van der Waals surface area contributed by atoms with Gasteiger partial charge in [0.1, 0.15) is 0 Å². The molecule has 0 aliphatic carbocycles. The maximum absolute atomic E-state index is 12.0. The molecule has 72 valence electrons. The Labute approximate surface area is 64.5 Å². The molecule has 7 heteroatoms. The number of nitrogens with two attached hydrogens (primary N) is 1. The Hall–Kier alpha value is -0.880. The van der Waals surface area contributed by atoms with Gasteiger partial charge in [-0.25, -0.2) is 0 Å². The van der Waals surface area contributed by atoms with Crippen LogP contribution in [0.25, 0.3) is 0 Å². The zero-order chi connectivity index (χ0) is 9.99. The van der Waals surface area contributed by atoms with Gasteiger partial charge in [0.25, 0.3) is 0 Å². The number of rotatable bonds is 3. The molecule has 2 N–H and O–H groups in total. The van der Waals surface area contributed by atoms with Crippen LogP contribution < -0.4 is 5.73 Å². The first-order valence-corrected chi connectivity index (χ1v) is 2.89. The van der Waals surface area contributed by atoms with Crippen LogP contribution in [0, 0.1) is 0 Å². The average molecular weight is 191 g/mol. The van der Waals surface area contributed by atoms with Crippen LogP contribution in [-0.4, -0.2) is 18.0 Å². The molecule has 1 amide bonds. The molecule has 0 rings (SSSR count). The Morgan fingerprint density at radius 3 is 1.83 bits per heavy atom. The number of primary amides is 1. The minimum absolute atomic E-state index is 0.980. The number of carbonyl (C=O) groups is 1. The van der Waals surface area contributed by atoms with E-state index in [1.807, 2.05) is 0 Å². The molecule has 0 aromatic heterocycles. The zero-order valence-corrected chi connectivity index (χ0v) is 5.79. The van der Waals surface area contributed by atoms with Crippen molar-refractivity contribution in [2.45, 2.75) is 24.9 Å². The van der Waals surface area contributed by atoms with E-state index in [2.05, 4.69) is 5.73 Å². The summed E-state index contributed by atoms with van der Waals surface area (Å²) in [5.74, 6) is -6.01. The van der Waals surface area contributed by atoms with E-state index in [1.165, 1.54) is 0 Å². The van der Waals surface area contributed by atoms with Gasteiger partial charge in [0, 0.05) is 12.8 Å². The topological polar surface area (TPSA) is 43.1 Å². The fraction of sp³-hybridized carbons (Fsp3) is 0.800. The van der Waals surface area contributed by atoms with Crippen molar-refractivity contribution in [2.75, 3.05) is 0 Å². The van der Waals surface area contributed by atoms with Crippen LogP contribution in [0.5, 0.6) is 0 Å². The van der Waals surface area contributed by atoms with Crippen molar-refractivity contribution in [1.82, 2.24) is 0 Å². The summed E-state index contributed by atoms with van der Waals surface area (Å²) < 4.78 is 58.1. The van der Waals surface area contributed by atoms with Gasteiger partial charge < -0.3 is 5.73 Å². The van der Waals surface area contributed by atoms with E-state index in [9.17, 15) is 26.7 Å². The van der Waals surface area contributed by atoms with Gasteiger partial charge in [-0.15, -0.1) is 0 Å². The van der Waals surface area contributed by atoms with Gasteiger partial charge in [0.15, 0.2) is 0 Å². The molecule has 0 aromatic rings. The van der Waals surface area contributed by atoms with E-state index in [0.717, 1.165) is 0 Å². The number of hydrogen-bond donors (Lipinski definition) is 1. The van der Waals surface area contributed by atoms with E-state index in [1.54, 1.807) is 0 Å². The Balaban J connectivity index is 4.14. The van der Waals surface area contributed by atoms with Crippen molar-refractivity contribution >= 4 is 5.91 Å². The monoisotopic (exact) mass is 191 g/mol. The van der Waals surface area contributed by atoms with Gasteiger partial charge in [-0.05, 0) is 0 Å². The van der Waals surface area contributed by atoms with Crippen LogP contribution in [-0.2, 0) is 4.79 Å². The SMILES string of the molecule is NC(=O)CCC(F)(F)C(F)(F)F. The number of amides is 1. The van der Waals surface area contributed by atoms with Gasteiger partial charge in [-0.2, -0.15) is 22.0 Å². The minimum Gasteiger partial charge on any atom is -0.370 e. The molecule has 0 fully saturated rings. The van der Waals surface area contributed by atoms with Crippen molar-refractivity contribution in [1.29, 1.82) is 0 Å². The maximum atomic E-state index is 12.0. The molecule has 0 aliphatic rings. The van der Waals surface area contributed by atoms with Crippen LogP contribution in [0.2, 0.25) is 0 Å². The Morgan fingerprint density at radius 1 is 1.17 bits per heavy atom. The zero-order valence-electron chi connectivity index (χ0n) is 5.79. The maximum Gasteiger partial charge on any atom is 0.453 e. The molecule has 2 nitrogen and oxygen atoms in total. The van der Waals surface area contributed by atoms with E-state index in [4.69, 9.17) is 0 Å². The smallest absolute Gasteiger partial charge is 0.370 e. The van der Waals surface area contributed by atoms with Crippen LogP contribution in [0.4, 0.5) is 22.0 Å². The lowest BCUT2D eigenvalue weighted by Crippen LogP contribution is -2.37. The van der Waals surface area contributed by atoms with Crippen LogP contribution in [0.3, 0.4) is 0 Å². The summed E-state index contributed by atoms with van der Waals surface area (Å²) in [5, 5.41) is 0. The number of carbonyl (C=O) groups excluding carboxylic acids is 1. The first kappa shape index (κ1) is 11.1. The summed E-state index contributed by atoms with van der Waals surface area (Å²) in [4.78, 5) is 9.89. The summed E-state index contributed by atoms with van der Waals surface area (Å²) in [6, 6.07) is 0. The molecule has 0 heterocycles. The van der Waals surface area contributed by atoms with E-state index in [-0.39, 0.29) is 0 Å². The molecule has 0 bridgehead atoms. The second kappa shape index (κ2) is 3.24. The van der Waals surface area contributed by atoms with Crippen molar-refractivity contribution in [2.24, 2.45) is 5.73 Å². The molecular weight excluding hydrogens is 185 g/mol. The van der Waals surface area contributed by atoms with Gasteiger partial charge >= 0.3 is 12.1 Å². The van der Waals surface area contributed by atoms with Gasteiger partial charge in [0.2, 0.25) is 5.91 Å². The molecule has 0 radical (unpaired) electrons. The molecule has 0 saturated carbocycles. The molecule has 12 heavy (non-hydrogen) atoms. The lowest BCUT2D eigenvalue weighted by atomic mass is 10.2. The summed E-state index contributed by atoms with van der Waals surface area (Å²) in [6.45, 7) is 0. The van der Waals surface area contributed by atoms with Crippen molar-refractivity contribution < 1.29 is 26.7 Å². The van der Waals surface area contributed by atoms with Crippen LogP contribution in [0.1, 0.15) is 12.8 Å². The first-order chi connectivity index (χ1) is 5.17. The normalized spacial score (nSPS) is 13.1. The highest BCUT2D eigenvalue weighted by molar-refractivity contribution is 5.73. The molecule has 0 aliphatic heterocycles. The predicted octanol–water partition coefficient (Wildman–Crippen LogP) is 1.45. The predicted molar refractivity (Wildman–Crippen MR) is 29.4 cm³/mol. The quantitative estimate of drug-likeness (QED) is 0.674. The summed E-state index contributed by atoms with van der Waals surface area (Å²) in [6.07, 6.45) is -8.18. The molecule has 0 spiro atoms. The summed E-state index contributed by atoms with van der Waals surface area (Å²) >= 11 is 0. The second-order valence-electron chi connectivity index (χ2n) is 2.17. The molecule has 0 saturated heterocycles. The van der Waals surface area contributed by atoms with Crippen LogP contribution >= 0.6 is 0 Å². The van der Waals surface area contributed by atoms with Crippen molar-refractivity contribution in [3.8, 4) is 0 Å². The van der Waals surface area contributed by atoms with E-state index >= 15 is 0 Å². The van der Waals surface area contributed by atoms with E-state index < -0.39 is 30.8 Å². The highest BCUT2D eigenvalue weighted by Gasteiger charge is 2.56. The summed E-state index contributed by atoms with van der Waals surface area (Å²) in [7, 11) is 0. The van der Waals surface area contributed by atoms with Crippen LogP contribution in [0.15, 0.2) is 0 Å². The highest BCUT2D eigenvalue weighted by Crippen LogP contribution is 2.38. The Bertz CT molecular complexity index is 175. The fourth-order valence-electron chi connectivity index (χ4n) is 0.422. The molecular formula is C5H6F5NO. The van der Waals surface area contributed by atoms with Gasteiger partial charge in [-0.1, -0.05) is 0 Å². The largest absolute Gasteiger partial charge is 0.453 e. The van der Waals surface area contributed by atoms with Crippen molar-refractivity contribution in [3.63, 3.8) is 0 Å². The number of hydrogen-bond acceptors (Lipinski definition) is 1. The third-order valence-electron chi connectivity index (χ3n) is 1.10. The fourth-order valence-corrected chi connectivity index (χ4v) is 0.422. The lowest BCUT2D eigenvalue weighted by molar-refractivity contribution is -0.284. The van der Waals surface area contributed by atoms with Crippen molar-refractivity contribution in [3.05, 3.63) is 0 Å². The van der Waals surface area contributed by atoms with E-state index in [0.29, 0.717) is 0 Å². The lowest BCUT2D eigenvalue weighted by Gasteiger charge is -2.18. The number of alkyl halides is 5. The minimum atomic E-state index is -5.61. The average Bonchev–Trinajstić information content (AvgIpc) is 1.81.